The molecule has 1 saturated carbocycles. The molecule has 0 bridgehead atoms. The molecule has 2 aliphatic rings. The van der Waals surface area contributed by atoms with Crippen molar-refractivity contribution < 1.29 is 0 Å². The third kappa shape index (κ3) is 1.73. The highest BCUT2D eigenvalue weighted by atomic mass is 15.1. The lowest BCUT2D eigenvalue weighted by molar-refractivity contribution is -0.0843. The summed E-state index contributed by atoms with van der Waals surface area (Å²) >= 11 is 0. The van der Waals surface area contributed by atoms with E-state index in [4.69, 9.17) is 0 Å². The van der Waals surface area contributed by atoms with E-state index in [0.29, 0.717) is 10.8 Å². The summed E-state index contributed by atoms with van der Waals surface area (Å²) in [4.78, 5) is 2.53. The third-order valence-electron chi connectivity index (χ3n) is 5.59. The first-order valence-electron chi connectivity index (χ1n) is 6.55. The summed E-state index contributed by atoms with van der Waals surface area (Å²) < 4.78 is 0. The lowest BCUT2D eigenvalue weighted by Gasteiger charge is -2.58. The van der Waals surface area contributed by atoms with Crippen LogP contribution >= 0.6 is 0 Å². The average molecular weight is 209 g/mol. The second kappa shape index (κ2) is 3.48. The zero-order valence-corrected chi connectivity index (χ0v) is 11.1. The van der Waals surface area contributed by atoms with E-state index in [-0.39, 0.29) is 0 Å². The molecule has 1 aliphatic heterocycles. The van der Waals surface area contributed by atoms with Gasteiger partial charge in [0.05, 0.1) is 0 Å². The van der Waals surface area contributed by atoms with Crippen molar-refractivity contribution in [2.24, 2.45) is 22.7 Å². The van der Waals surface area contributed by atoms with Crippen molar-refractivity contribution in [3.8, 4) is 0 Å². The van der Waals surface area contributed by atoms with Gasteiger partial charge in [0.15, 0.2) is 0 Å². The van der Waals surface area contributed by atoms with E-state index < -0.39 is 0 Å². The lowest BCUT2D eigenvalue weighted by Crippen LogP contribution is -2.55. The zero-order valence-electron chi connectivity index (χ0n) is 11.1. The van der Waals surface area contributed by atoms with E-state index in [1.807, 2.05) is 0 Å². The van der Waals surface area contributed by atoms with Crippen LogP contribution in [0.5, 0.6) is 0 Å². The Balaban J connectivity index is 2.25. The molecule has 0 aromatic carbocycles. The van der Waals surface area contributed by atoms with Crippen LogP contribution in [0.3, 0.4) is 0 Å². The van der Waals surface area contributed by atoms with Crippen molar-refractivity contribution in [1.82, 2.24) is 4.90 Å². The van der Waals surface area contributed by atoms with Crippen LogP contribution < -0.4 is 0 Å². The summed E-state index contributed by atoms with van der Waals surface area (Å²) in [7, 11) is 2.28. The Morgan fingerprint density at radius 3 is 2.47 bits per heavy atom. The fraction of sp³-hybridized carbons (Fsp3) is 1.00. The molecule has 0 amide bonds. The highest BCUT2D eigenvalue weighted by molar-refractivity contribution is 5.01. The lowest BCUT2D eigenvalue weighted by atomic mass is 9.51. The largest absolute Gasteiger partial charge is 0.306 e. The first kappa shape index (κ1) is 11.4. The second-order valence-electron chi connectivity index (χ2n) is 6.99. The van der Waals surface area contributed by atoms with Crippen molar-refractivity contribution in [1.29, 1.82) is 0 Å². The number of rotatable bonds is 0. The molecule has 88 valence electrons. The van der Waals surface area contributed by atoms with Gasteiger partial charge in [-0.2, -0.15) is 0 Å². The van der Waals surface area contributed by atoms with Gasteiger partial charge >= 0.3 is 0 Å². The van der Waals surface area contributed by atoms with E-state index in [2.05, 4.69) is 39.6 Å². The smallest absolute Gasteiger partial charge is 0.00351 e. The van der Waals surface area contributed by atoms with E-state index in [1.165, 1.54) is 32.4 Å². The maximum absolute atomic E-state index is 2.53. The number of fused-ring (bicyclic) bond motifs is 1. The van der Waals surface area contributed by atoms with Gasteiger partial charge in [0.25, 0.3) is 0 Å². The molecule has 1 saturated heterocycles. The standard InChI is InChI=1S/C14H27N/c1-11-6-8-14(4)10-15(5)9-7-12(14)13(11,2)3/h11-12H,6-10H2,1-5H3/t11-,12?,14+/m0/s1. The first-order valence-corrected chi connectivity index (χ1v) is 6.55. The average Bonchev–Trinajstić information content (AvgIpc) is 2.11. The van der Waals surface area contributed by atoms with Crippen LogP contribution in [0.15, 0.2) is 0 Å². The van der Waals surface area contributed by atoms with Gasteiger partial charge in [-0.3, -0.25) is 0 Å². The van der Waals surface area contributed by atoms with Gasteiger partial charge in [0.2, 0.25) is 0 Å². The normalized spacial score (nSPS) is 46.2. The predicted molar refractivity (Wildman–Crippen MR) is 65.9 cm³/mol. The Hall–Kier alpha value is -0.0400. The number of likely N-dealkylation sites (tertiary alicyclic amines) is 1. The van der Waals surface area contributed by atoms with Gasteiger partial charge in [0.1, 0.15) is 0 Å². The van der Waals surface area contributed by atoms with Crippen LogP contribution in [0.2, 0.25) is 0 Å². The number of piperidine rings is 1. The molecule has 0 N–H and O–H groups in total. The summed E-state index contributed by atoms with van der Waals surface area (Å²) in [5.74, 6) is 1.84. The van der Waals surface area contributed by atoms with E-state index in [1.54, 1.807) is 0 Å². The molecule has 0 aromatic heterocycles. The van der Waals surface area contributed by atoms with Gasteiger partial charge in [-0.25, -0.2) is 0 Å². The fourth-order valence-electron chi connectivity index (χ4n) is 4.29. The van der Waals surface area contributed by atoms with Crippen LogP contribution in [0.1, 0.15) is 47.0 Å². The highest BCUT2D eigenvalue weighted by Crippen LogP contribution is 2.56. The Labute approximate surface area is 95.2 Å². The van der Waals surface area contributed by atoms with Crippen LogP contribution in [0.25, 0.3) is 0 Å². The number of nitrogens with zero attached hydrogens (tertiary/aromatic N) is 1. The quantitative estimate of drug-likeness (QED) is 0.591. The summed E-state index contributed by atoms with van der Waals surface area (Å²) in [5.41, 5.74) is 1.14. The molecule has 0 radical (unpaired) electrons. The molecular weight excluding hydrogens is 182 g/mol. The summed E-state index contributed by atoms with van der Waals surface area (Å²) in [6.45, 7) is 12.6. The van der Waals surface area contributed by atoms with Gasteiger partial charge in [0, 0.05) is 6.54 Å². The second-order valence-corrected chi connectivity index (χ2v) is 6.99. The predicted octanol–water partition coefficient (Wildman–Crippen LogP) is 3.40. The Morgan fingerprint density at radius 1 is 1.13 bits per heavy atom. The maximum atomic E-state index is 2.53. The van der Waals surface area contributed by atoms with Crippen LogP contribution in [-0.4, -0.2) is 25.0 Å². The van der Waals surface area contributed by atoms with Crippen LogP contribution in [0.4, 0.5) is 0 Å². The molecule has 1 aliphatic carbocycles. The number of hydrogen-bond acceptors (Lipinski definition) is 1. The van der Waals surface area contributed by atoms with Crippen molar-refractivity contribution in [3.63, 3.8) is 0 Å². The summed E-state index contributed by atoms with van der Waals surface area (Å²) in [6, 6.07) is 0. The van der Waals surface area contributed by atoms with Crippen LogP contribution in [0, 0.1) is 22.7 Å². The third-order valence-corrected chi connectivity index (χ3v) is 5.59. The van der Waals surface area contributed by atoms with Crippen molar-refractivity contribution in [2.45, 2.75) is 47.0 Å². The molecule has 1 unspecified atom stereocenters. The molecule has 1 nitrogen and oxygen atoms in total. The summed E-state index contributed by atoms with van der Waals surface area (Å²) in [5, 5.41) is 0. The van der Waals surface area contributed by atoms with Crippen molar-refractivity contribution in [3.05, 3.63) is 0 Å². The summed E-state index contributed by atoms with van der Waals surface area (Å²) in [6.07, 6.45) is 4.27. The molecule has 2 fully saturated rings. The van der Waals surface area contributed by atoms with Gasteiger partial charge in [-0.15, -0.1) is 0 Å². The molecule has 1 heterocycles. The minimum absolute atomic E-state index is 0.550. The minimum atomic E-state index is 0.550. The van der Waals surface area contributed by atoms with Crippen molar-refractivity contribution >= 4 is 0 Å². The highest BCUT2D eigenvalue weighted by Gasteiger charge is 2.51. The van der Waals surface area contributed by atoms with E-state index in [9.17, 15) is 0 Å². The van der Waals surface area contributed by atoms with E-state index >= 15 is 0 Å². The fourth-order valence-corrected chi connectivity index (χ4v) is 4.29. The monoisotopic (exact) mass is 209 g/mol. The van der Waals surface area contributed by atoms with Gasteiger partial charge < -0.3 is 4.90 Å². The molecular formula is C14H27N. The molecule has 2 rings (SSSR count). The van der Waals surface area contributed by atoms with Gasteiger partial charge in [-0.05, 0) is 55.5 Å². The topological polar surface area (TPSA) is 3.24 Å². The minimum Gasteiger partial charge on any atom is -0.306 e. The SMILES string of the molecule is C[C@H]1CC[C@]2(C)CN(C)CCC2C1(C)C. The zero-order chi connectivity index (χ0) is 11.3. The van der Waals surface area contributed by atoms with E-state index in [0.717, 1.165) is 11.8 Å². The van der Waals surface area contributed by atoms with Crippen molar-refractivity contribution in [2.75, 3.05) is 20.1 Å². The Bertz CT molecular complexity index is 246. The van der Waals surface area contributed by atoms with Gasteiger partial charge in [-0.1, -0.05) is 27.7 Å². The number of hydrogen-bond donors (Lipinski definition) is 0. The molecule has 15 heavy (non-hydrogen) atoms. The maximum Gasteiger partial charge on any atom is 0.00351 e. The molecule has 0 aromatic rings. The first-order chi connectivity index (χ1) is 6.86. The Morgan fingerprint density at radius 2 is 1.80 bits per heavy atom. The molecule has 0 spiro atoms. The molecule has 3 atom stereocenters. The molecule has 1 heteroatoms. The van der Waals surface area contributed by atoms with Crippen LogP contribution in [-0.2, 0) is 0 Å². The Kier molecular flexibility index (Phi) is 2.65.